The van der Waals surface area contributed by atoms with Crippen molar-refractivity contribution in [3.05, 3.63) is 53.6 Å². The normalized spacial score (nSPS) is 10.6. The lowest BCUT2D eigenvalue weighted by atomic mass is 10.1. The number of aromatic carboxylic acids is 1. The summed E-state index contributed by atoms with van der Waals surface area (Å²) in [7, 11) is 1.66. The molecule has 0 saturated carbocycles. The molecule has 1 N–H and O–H groups in total. The molecule has 0 amide bonds. The van der Waals surface area contributed by atoms with Gasteiger partial charge in [0.15, 0.2) is 0 Å². The maximum atomic E-state index is 10.9. The zero-order valence-electron chi connectivity index (χ0n) is 10.7. The van der Waals surface area contributed by atoms with Crippen LogP contribution in [0.4, 0.5) is 0 Å². The third-order valence-corrected chi connectivity index (χ3v) is 2.86. The van der Waals surface area contributed by atoms with Crippen molar-refractivity contribution in [1.29, 1.82) is 0 Å². The van der Waals surface area contributed by atoms with Gasteiger partial charge in [-0.2, -0.15) is 0 Å². The molecule has 1 heterocycles. The number of methoxy groups -OCH3 is 1. The van der Waals surface area contributed by atoms with Crippen LogP contribution >= 0.6 is 0 Å². The van der Waals surface area contributed by atoms with Gasteiger partial charge < -0.3 is 14.4 Å². The van der Waals surface area contributed by atoms with Crippen LogP contribution in [0.1, 0.15) is 21.7 Å². The lowest BCUT2D eigenvalue weighted by Crippen LogP contribution is -2.08. The maximum absolute atomic E-state index is 10.9. The average molecular weight is 260 g/mol. The van der Waals surface area contributed by atoms with Gasteiger partial charge in [-0.1, -0.05) is 12.1 Å². The smallest absolute Gasteiger partial charge is 0.335 e. The van der Waals surface area contributed by atoms with E-state index >= 15 is 0 Å². The molecule has 0 bridgehead atoms. The standard InChI is InChI=1S/C14H16N2O3/c1-19-8-5-13-15-6-7-16(13)10-11-3-2-4-12(9-11)14(17)18/h2-4,6-7,9H,5,8,10H2,1H3,(H,17,18). The molecule has 0 spiro atoms. The second-order valence-corrected chi connectivity index (χ2v) is 4.22. The zero-order chi connectivity index (χ0) is 13.7. The summed E-state index contributed by atoms with van der Waals surface area (Å²) in [6.45, 7) is 1.23. The number of carboxylic acids is 1. The lowest BCUT2D eigenvalue weighted by Gasteiger charge is -2.08. The van der Waals surface area contributed by atoms with Crippen LogP contribution in [0, 0.1) is 0 Å². The number of carboxylic acid groups (broad SMARTS) is 1. The summed E-state index contributed by atoms with van der Waals surface area (Å²) in [5, 5.41) is 8.97. The first-order chi connectivity index (χ1) is 9.20. The van der Waals surface area contributed by atoms with Gasteiger partial charge in [0, 0.05) is 32.5 Å². The van der Waals surface area contributed by atoms with Gasteiger partial charge in [0.2, 0.25) is 0 Å². The Balaban J connectivity index is 2.14. The molecule has 1 aromatic carbocycles. The highest BCUT2D eigenvalue weighted by Crippen LogP contribution is 2.09. The average Bonchev–Trinajstić information content (AvgIpc) is 2.84. The van der Waals surface area contributed by atoms with Gasteiger partial charge in [-0.25, -0.2) is 9.78 Å². The van der Waals surface area contributed by atoms with E-state index in [0.717, 1.165) is 17.8 Å². The minimum Gasteiger partial charge on any atom is -0.478 e. The van der Waals surface area contributed by atoms with Crippen LogP contribution in [0.15, 0.2) is 36.7 Å². The molecule has 0 saturated heterocycles. The van der Waals surface area contributed by atoms with Crippen LogP contribution < -0.4 is 0 Å². The Hall–Kier alpha value is -2.14. The number of rotatable bonds is 6. The predicted molar refractivity (Wildman–Crippen MR) is 70.3 cm³/mol. The Morgan fingerprint density at radius 1 is 1.47 bits per heavy atom. The summed E-state index contributed by atoms with van der Waals surface area (Å²) in [5.41, 5.74) is 1.24. The molecule has 0 fully saturated rings. The Bertz CT molecular complexity index is 563. The van der Waals surface area contributed by atoms with Gasteiger partial charge in [0.05, 0.1) is 12.2 Å². The van der Waals surface area contributed by atoms with Crippen molar-refractivity contribution in [3.8, 4) is 0 Å². The second-order valence-electron chi connectivity index (χ2n) is 4.22. The van der Waals surface area contributed by atoms with Crippen molar-refractivity contribution >= 4 is 5.97 Å². The Labute approximate surface area is 111 Å². The molecule has 2 rings (SSSR count). The third-order valence-electron chi connectivity index (χ3n) is 2.86. The molecule has 0 aliphatic rings. The van der Waals surface area contributed by atoms with Gasteiger partial charge in [0.25, 0.3) is 0 Å². The fourth-order valence-corrected chi connectivity index (χ4v) is 1.90. The largest absolute Gasteiger partial charge is 0.478 e. The number of hydrogen-bond acceptors (Lipinski definition) is 3. The highest BCUT2D eigenvalue weighted by atomic mass is 16.5. The molecule has 19 heavy (non-hydrogen) atoms. The molecular weight excluding hydrogens is 244 g/mol. The van der Waals surface area contributed by atoms with E-state index in [-0.39, 0.29) is 0 Å². The SMILES string of the molecule is COCCc1nccn1Cc1cccc(C(=O)O)c1. The van der Waals surface area contributed by atoms with Crippen molar-refractivity contribution in [2.24, 2.45) is 0 Å². The first-order valence-corrected chi connectivity index (χ1v) is 6.02. The summed E-state index contributed by atoms with van der Waals surface area (Å²) in [6, 6.07) is 6.94. The summed E-state index contributed by atoms with van der Waals surface area (Å²) < 4.78 is 7.04. The van der Waals surface area contributed by atoms with Crippen molar-refractivity contribution in [2.75, 3.05) is 13.7 Å². The minimum atomic E-state index is -0.910. The van der Waals surface area contributed by atoms with E-state index in [2.05, 4.69) is 4.98 Å². The Kier molecular flexibility index (Phi) is 4.30. The van der Waals surface area contributed by atoms with Crippen LogP contribution in [-0.2, 0) is 17.7 Å². The highest BCUT2D eigenvalue weighted by molar-refractivity contribution is 5.87. The van der Waals surface area contributed by atoms with Crippen LogP contribution in [0.5, 0.6) is 0 Å². The highest BCUT2D eigenvalue weighted by Gasteiger charge is 2.06. The lowest BCUT2D eigenvalue weighted by molar-refractivity contribution is 0.0696. The van der Waals surface area contributed by atoms with E-state index in [4.69, 9.17) is 9.84 Å². The van der Waals surface area contributed by atoms with Crippen LogP contribution in [0.2, 0.25) is 0 Å². The first kappa shape index (κ1) is 13.3. The number of benzene rings is 1. The molecule has 0 unspecified atom stereocenters. The van der Waals surface area contributed by atoms with Crippen LogP contribution in [0.25, 0.3) is 0 Å². The van der Waals surface area contributed by atoms with Gasteiger partial charge >= 0.3 is 5.97 Å². The quantitative estimate of drug-likeness (QED) is 0.860. The van der Waals surface area contributed by atoms with Gasteiger partial charge in [-0.15, -0.1) is 0 Å². The number of imidazole rings is 1. The summed E-state index contributed by atoms with van der Waals surface area (Å²) in [6.07, 6.45) is 4.37. The molecule has 2 aromatic rings. The minimum absolute atomic E-state index is 0.302. The van der Waals surface area contributed by atoms with Crippen molar-refractivity contribution < 1.29 is 14.6 Å². The number of carbonyl (C=O) groups is 1. The monoisotopic (exact) mass is 260 g/mol. The van der Waals surface area contributed by atoms with Gasteiger partial charge in [-0.3, -0.25) is 0 Å². The molecule has 5 nitrogen and oxygen atoms in total. The van der Waals surface area contributed by atoms with E-state index in [1.165, 1.54) is 0 Å². The van der Waals surface area contributed by atoms with E-state index < -0.39 is 5.97 Å². The molecule has 0 aliphatic carbocycles. The number of ether oxygens (including phenoxy) is 1. The second kappa shape index (κ2) is 6.15. The molecule has 0 aliphatic heterocycles. The molecule has 1 aromatic heterocycles. The zero-order valence-corrected chi connectivity index (χ0v) is 10.7. The van der Waals surface area contributed by atoms with E-state index in [1.807, 2.05) is 16.8 Å². The Morgan fingerprint density at radius 2 is 2.32 bits per heavy atom. The number of hydrogen-bond donors (Lipinski definition) is 1. The predicted octanol–water partition coefficient (Wildman–Crippen LogP) is 1.82. The van der Waals surface area contributed by atoms with E-state index in [9.17, 15) is 4.79 Å². The molecule has 100 valence electrons. The van der Waals surface area contributed by atoms with Gasteiger partial charge in [0.1, 0.15) is 5.82 Å². The maximum Gasteiger partial charge on any atom is 0.335 e. The molecule has 0 radical (unpaired) electrons. The first-order valence-electron chi connectivity index (χ1n) is 6.02. The summed E-state index contributed by atoms with van der Waals surface area (Å²) >= 11 is 0. The molecule has 0 atom stereocenters. The Morgan fingerprint density at radius 3 is 3.05 bits per heavy atom. The van der Waals surface area contributed by atoms with Gasteiger partial charge in [-0.05, 0) is 17.7 Å². The van der Waals surface area contributed by atoms with Crippen LogP contribution in [0.3, 0.4) is 0 Å². The fraction of sp³-hybridized carbons (Fsp3) is 0.286. The van der Waals surface area contributed by atoms with Crippen molar-refractivity contribution in [3.63, 3.8) is 0 Å². The summed E-state index contributed by atoms with van der Waals surface area (Å²) in [4.78, 5) is 15.2. The third kappa shape index (κ3) is 3.42. The molecular formula is C14H16N2O3. The van der Waals surface area contributed by atoms with Crippen molar-refractivity contribution in [2.45, 2.75) is 13.0 Å². The number of aromatic nitrogens is 2. The van der Waals surface area contributed by atoms with Crippen LogP contribution in [-0.4, -0.2) is 34.3 Å². The topological polar surface area (TPSA) is 64.4 Å². The number of nitrogens with zero attached hydrogens (tertiary/aromatic N) is 2. The molecule has 5 heteroatoms. The fourth-order valence-electron chi connectivity index (χ4n) is 1.90. The summed E-state index contributed by atoms with van der Waals surface area (Å²) in [5.74, 6) is 0.0228. The van der Waals surface area contributed by atoms with E-state index in [1.54, 1.807) is 31.5 Å². The van der Waals surface area contributed by atoms with Crippen molar-refractivity contribution in [1.82, 2.24) is 9.55 Å². The van der Waals surface area contributed by atoms with E-state index in [0.29, 0.717) is 18.7 Å².